The van der Waals surface area contributed by atoms with Gasteiger partial charge in [0.25, 0.3) is 0 Å². The van der Waals surface area contributed by atoms with Gasteiger partial charge in [-0.25, -0.2) is 5.84 Å². The largest absolute Gasteiger partial charge is 0.301 e. The first-order valence-corrected chi connectivity index (χ1v) is 6.47. The molecule has 1 heterocycles. The van der Waals surface area contributed by atoms with Crippen LogP contribution >= 0.6 is 0 Å². The summed E-state index contributed by atoms with van der Waals surface area (Å²) < 4.78 is 0. The number of hydrogen-bond acceptors (Lipinski definition) is 3. The third kappa shape index (κ3) is 4.94. The van der Waals surface area contributed by atoms with E-state index in [0.29, 0.717) is 6.42 Å². The highest BCUT2D eigenvalue weighted by molar-refractivity contribution is 5.74. The zero-order chi connectivity index (χ0) is 11.8. The van der Waals surface area contributed by atoms with Gasteiger partial charge in [-0.2, -0.15) is 0 Å². The van der Waals surface area contributed by atoms with Crippen molar-refractivity contribution < 1.29 is 4.79 Å². The number of nitrogens with one attached hydrogen (secondary N) is 1. The predicted molar refractivity (Wildman–Crippen MR) is 65.7 cm³/mol. The maximum absolute atomic E-state index is 10.9. The van der Waals surface area contributed by atoms with Crippen molar-refractivity contribution in [3.8, 4) is 0 Å². The first-order valence-electron chi connectivity index (χ1n) is 6.47. The van der Waals surface area contributed by atoms with Crippen molar-refractivity contribution in [1.29, 1.82) is 0 Å². The van der Waals surface area contributed by atoms with E-state index < -0.39 is 0 Å². The quantitative estimate of drug-likeness (QED) is 0.312. The fourth-order valence-electron chi connectivity index (χ4n) is 2.34. The number of carbonyl (C=O) groups excluding carboxylic acids is 1. The lowest BCUT2D eigenvalue weighted by Gasteiger charge is -2.33. The van der Waals surface area contributed by atoms with E-state index in [4.69, 9.17) is 5.84 Å². The normalized spacial score (nSPS) is 22.0. The van der Waals surface area contributed by atoms with Gasteiger partial charge in [-0.1, -0.05) is 12.8 Å². The second-order valence-corrected chi connectivity index (χ2v) is 4.76. The Labute approximate surface area is 98.5 Å². The zero-order valence-corrected chi connectivity index (χ0v) is 10.4. The van der Waals surface area contributed by atoms with E-state index >= 15 is 0 Å². The van der Waals surface area contributed by atoms with Crippen LogP contribution in [0.4, 0.5) is 0 Å². The van der Waals surface area contributed by atoms with Crippen LogP contribution in [0.2, 0.25) is 0 Å². The zero-order valence-electron chi connectivity index (χ0n) is 10.4. The predicted octanol–water partition coefficient (Wildman–Crippen LogP) is 1.41. The first-order chi connectivity index (χ1) is 7.74. The maximum atomic E-state index is 10.9. The molecule has 0 bridgehead atoms. The molecule has 0 aromatic heterocycles. The number of nitrogens with zero attached hydrogens (tertiary/aromatic N) is 1. The molecule has 3 N–H and O–H groups in total. The number of hydrazine groups is 1. The molecule has 16 heavy (non-hydrogen) atoms. The summed E-state index contributed by atoms with van der Waals surface area (Å²) >= 11 is 0. The van der Waals surface area contributed by atoms with E-state index in [-0.39, 0.29) is 5.91 Å². The van der Waals surface area contributed by atoms with Gasteiger partial charge in [0.1, 0.15) is 0 Å². The molecule has 1 aliphatic heterocycles. The first kappa shape index (κ1) is 13.5. The number of nitrogens with two attached hydrogens (primary N) is 1. The molecule has 4 heteroatoms. The van der Waals surface area contributed by atoms with Gasteiger partial charge in [0.2, 0.25) is 5.91 Å². The molecule has 0 aromatic carbocycles. The molecule has 1 saturated heterocycles. The summed E-state index contributed by atoms with van der Waals surface area (Å²) in [7, 11) is 0. The van der Waals surface area contributed by atoms with Crippen molar-refractivity contribution in [3.63, 3.8) is 0 Å². The number of hydrogen-bond donors (Lipinski definition) is 2. The fraction of sp³-hybridized carbons (Fsp3) is 0.917. The van der Waals surface area contributed by atoms with E-state index in [9.17, 15) is 4.79 Å². The topological polar surface area (TPSA) is 58.4 Å². The molecular weight excluding hydrogens is 202 g/mol. The van der Waals surface area contributed by atoms with Gasteiger partial charge in [-0.05, 0) is 45.7 Å². The summed E-state index contributed by atoms with van der Waals surface area (Å²) in [6.07, 6.45) is 7.90. The molecule has 0 aliphatic carbocycles. The molecule has 1 unspecified atom stereocenters. The average molecular weight is 227 g/mol. The molecule has 1 aliphatic rings. The van der Waals surface area contributed by atoms with Gasteiger partial charge < -0.3 is 4.90 Å². The Hall–Kier alpha value is -0.610. The number of amides is 1. The summed E-state index contributed by atoms with van der Waals surface area (Å²) in [6, 6.07) is 0.751. The van der Waals surface area contributed by atoms with Gasteiger partial charge in [0.15, 0.2) is 0 Å². The molecular formula is C12H25N3O. The number of likely N-dealkylation sites (tertiary alicyclic amines) is 1. The van der Waals surface area contributed by atoms with Crippen LogP contribution in [0.15, 0.2) is 0 Å². The second kappa shape index (κ2) is 7.63. The number of piperidine rings is 1. The van der Waals surface area contributed by atoms with Crippen LogP contribution in [0.25, 0.3) is 0 Å². The van der Waals surface area contributed by atoms with Gasteiger partial charge >= 0.3 is 0 Å². The van der Waals surface area contributed by atoms with E-state index in [1.165, 1.54) is 38.8 Å². The van der Waals surface area contributed by atoms with Crippen LogP contribution in [0.5, 0.6) is 0 Å². The fourth-order valence-corrected chi connectivity index (χ4v) is 2.34. The molecule has 4 nitrogen and oxygen atoms in total. The molecule has 1 rings (SSSR count). The van der Waals surface area contributed by atoms with Crippen molar-refractivity contribution >= 4 is 5.91 Å². The minimum Gasteiger partial charge on any atom is -0.301 e. The lowest BCUT2D eigenvalue weighted by atomic mass is 10.0. The van der Waals surface area contributed by atoms with Gasteiger partial charge in [-0.3, -0.25) is 10.2 Å². The lowest BCUT2D eigenvalue weighted by Crippen LogP contribution is -2.38. The second-order valence-electron chi connectivity index (χ2n) is 4.76. The van der Waals surface area contributed by atoms with Gasteiger partial charge in [0.05, 0.1) is 0 Å². The Kier molecular flexibility index (Phi) is 6.42. The van der Waals surface area contributed by atoms with Crippen LogP contribution in [-0.2, 0) is 4.79 Å². The lowest BCUT2D eigenvalue weighted by molar-refractivity contribution is -0.121. The van der Waals surface area contributed by atoms with E-state index in [1.54, 1.807) is 0 Å². The van der Waals surface area contributed by atoms with E-state index in [0.717, 1.165) is 18.9 Å². The Morgan fingerprint density at radius 2 is 2.19 bits per heavy atom. The molecule has 1 atom stereocenters. The molecule has 0 saturated carbocycles. The van der Waals surface area contributed by atoms with Crippen molar-refractivity contribution in [2.75, 3.05) is 13.1 Å². The Balaban J connectivity index is 1.99. The third-order valence-corrected chi connectivity index (χ3v) is 3.45. The SMILES string of the molecule is CC1CCCCN1CCCCCC(=O)NN. The molecule has 0 radical (unpaired) electrons. The Morgan fingerprint density at radius 3 is 2.88 bits per heavy atom. The van der Waals surface area contributed by atoms with Gasteiger partial charge in [0, 0.05) is 12.5 Å². The highest BCUT2D eigenvalue weighted by atomic mass is 16.2. The van der Waals surface area contributed by atoms with E-state index in [1.807, 2.05) is 0 Å². The van der Waals surface area contributed by atoms with Crippen molar-refractivity contribution in [2.45, 2.75) is 57.9 Å². The molecule has 0 aromatic rings. The summed E-state index contributed by atoms with van der Waals surface area (Å²) in [5.74, 6) is 4.96. The molecule has 94 valence electrons. The number of carbonyl (C=O) groups is 1. The van der Waals surface area contributed by atoms with E-state index in [2.05, 4.69) is 17.2 Å². The van der Waals surface area contributed by atoms with Crippen LogP contribution in [0.3, 0.4) is 0 Å². The third-order valence-electron chi connectivity index (χ3n) is 3.45. The van der Waals surface area contributed by atoms with Crippen molar-refractivity contribution in [3.05, 3.63) is 0 Å². The van der Waals surface area contributed by atoms with Gasteiger partial charge in [-0.15, -0.1) is 0 Å². The Bertz CT molecular complexity index is 208. The summed E-state index contributed by atoms with van der Waals surface area (Å²) in [5, 5.41) is 0. The number of unbranched alkanes of at least 4 members (excludes halogenated alkanes) is 2. The van der Waals surface area contributed by atoms with Crippen LogP contribution < -0.4 is 11.3 Å². The smallest absolute Gasteiger partial charge is 0.233 e. The van der Waals surface area contributed by atoms with Crippen LogP contribution in [0, 0.1) is 0 Å². The summed E-state index contributed by atoms with van der Waals surface area (Å²) in [4.78, 5) is 13.5. The Morgan fingerprint density at radius 1 is 1.38 bits per heavy atom. The number of rotatable bonds is 6. The monoisotopic (exact) mass is 227 g/mol. The molecule has 1 fully saturated rings. The molecule has 1 amide bonds. The summed E-state index contributed by atoms with van der Waals surface area (Å²) in [5.41, 5.74) is 2.16. The average Bonchev–Trinajstić information content (AvgIpc) is 2.30. The highest BCUT2D eigenvalue weighted by Crippen LogP contribution is 2.17. The standard InChI is InChI=1S/C12H25N3O/c1-11-7-4-6-10-15(11)9-5-2-3-8-12(16)14-13/h11H,2-10,13H2,1H3,(H,14,16). The van der Waals surface area contributed by atoms with Crippen molar-refractivity contribution in [1.82, 2.24) is 10.3 Å². The van der Waals surface area contributed by atoms with Crippen molar-refractivity contribution in [2.24, 2.45) is 5.84 Å². The highest BCUT2D eigenvalue weighted by Gasteiger charge is 2.16. The summed E-state index contributed by atoms with van der Waals surface area (Å²) in [6.45, 7) is 4.76. The minimum absolute atomic E-state index is 0.0497. The maximum Gasteiger partial charge on any atom is 0.233 e. The van der Waals surface area contributed by atoms with Crippen LogP contribution in [0.1, 0.15) is 51.9 Å². The molecule has 0 spiro atoms. The minimum atomic E-state index is -0.0497. The van der Waals surface area contributed by atoms with Crippen LogP contribution in [-0.4, -0.2) is 29.9 Å².